The zero-order valence-corrected chi connectivity index (χ0v) is 21.2. The monoisotopic (exact) mass is 541 g/mol. The summed E-state index contributed by atoms with van der Waals surface area (Å²) in [6.45, 7) is 4.14. The molecule has 8 nitrogen and oxygen atoms in total. The Kier molecular flexibility index (Phi) is 6.61. The molecular formula is C26H22F3N5O3S. The van der Waals surface area contributed by atoms with Crippen molar-refractivity contribution >= 4 is 39.7 Å². The molecule has 4 aromatic rings. The molecule has 4 heterocycles. The van der Waals surface area contributed by atoms with E-state index in [1.54, 1.807) is 24.4 Å². The van der Waals surface area contributed by atoms with Gasteiger partial charge in [0.15, 0.2) is 16.9 Å². The Morgan fingerprint density at radius 3 is 2.61 bits per heavy atom. The number of Topliss-reactive ketones (excluding diaryl/α,β-unsaturated/α-hetero) is 1. The van der Waals surface area contributed by atoms with Crippen LogP contribution in [0.15, 0.2) is 46.8 Å². The number of halogens is 3. The second-order valence-electron chi connectivity index (χ2n) is 9.05. The first-order valence-corrected chi connectivity index (χ1v) is 12.6. The highest BCUT2D eigenvalue weighted by atomic mass is 32.1. The molecule has 1 amide bonds. The van der Waals surface area contributed by atoms with E-state index in [1.165, 1.54) is 26.1 Å². The average Bonchev–Trinajstić information content (AvgIpc) is 3.56. The van der Waals surface area contributed by atoms with Crippen molar-refractivity contribution in [2.24, 2.45) is 0 Å². The van der Waals surface area contributed by atoms with E-state index in [0.717, 1.165) is 29.7 Å². The Morgan fingerprint density at radius 2 is 1.97 bits per heavy atom. The van der Waals surface area contributed by atoms with E-state index in [1.807, 2.05) is 4.57 Å². The van der Waals surface area contributed by atoms with E-state index in [2.05, 4.69) is 20.6 Å². The Labute approximate surface area is 218 Å². The number of nitrogens with zero attached hydrogens (tertiary/aromatic N) is 3. The topological polar surface area (TPSA) is 106 Å². The number of fused-ring (bicyclic) bond motifs is 1. The molecule has 0 spiro atoms. The van der Waals surface area contributed by atoms with Crippen molar-refractivity contribution in [1.82, 2.24) is 19.9 Å². The van der Waals surface area contributed by atoms with Gasteiger partial charge >= 0.3 is 6.18 Å². The number of carbonyl (C=O) groups excluding carboxylic acids is 2. The summed E-state index contributed by atoms with van der Waals surface area (Å²) >= 11 is 0.809. The zero-order chi connectivity index (χ0) is 27.2. The molecule has 12 heteroatoms. The molecule has 3 aromatic heterocycles. The second-order valence-corrected chi connectivity index (χ2v) is 9.90. The fourth-order valence-corrected chi connectivity index (χ4v) is 5.45. The van der Waals surface area contributed by atoms with Crippen LogP contribution < -0.4 is 16.1 Å². The molecule has 1 aliphatic rings. The molecule has 38 heavy (non-hydrogen) atoms. The molecule has 196 valence electrons. The molecule has 0 bridgehead atoms. The van der Waals surface area contributed by atoms with Gasteiger partial charge in [0.2, 0.25) is 5.91 Å². The maximum Gasteiger partial charge on any atom is 0.434 e. The lowest BCUT2D eigenvalue weighted by atomic mass is 9.98. The van der Waals surface area contributed by atoms with E-state index in [4.69, 9.17) is 0 Å². The minimum atomic E-state index is -4.62. The summed E-state index contributed by atoms with van der Waals surface area (Å²) in [5.74, 6) is -0.599. The maximum absolute atomic E-state index is 13.3. The summed E-state index contributed by atoms with van der Waals surface area (Å²) in [7, 11) is 0. The average molecular weight is 542 g/mol. The predicted octanol–water partition coefficient (Wildman–Crippen LogP) is 4.90. The number of nitrogens with one attached hydrogen (secondary N) is 2. The maximum atomic E-state index is 13.3. The molecule has 1 fully saturated rings. The molecular weight excluding hydrogens is 519 g/mol. The van der Waals surface area contributed by atoms with Crippen LogP contribution >= 0.6 is 11.3 Å². The molecule has 2 N–H and O–H groups in total. The number of carbonyl (C=O) groups is 2. The number of benzene rings is 1. The van der Waals surface area contributed by atoms with Crippen LogP contribution in [0, 0.1) is 0 Å². The lowest BCUT2D eigenvalue weighted by Crippen LogP contribution is -2.21. The number of ketones is 1. The molecule has 1 atom stereocenters. The van der Waals surface area contributed by atoms with Crippen molar-refractivity contribution < 1.29 is 22.8 Å². The third kappa shape index (κ3) is 4.84. The highest BCUT2D eigenvalue weighted by molar-refractivity contribution is 7.13. The van der Waals surface area contributed by atoms with E-state index >= 15 is 0 Å². The highest BCUT2D eigenvalue weighted by Gasteiger charge is 2.34. The lowest BCUT2D eigenvalue weighted by molar-refractivity contribution is -0.140. The molecule has 1 unspecified atom stereocenters. The largest absolute Gasteiger partial charge is 0.434 e. The predicted molar refractivity (Wildman–Crippen MR) is 138 cm³/mol. The highest BCUT2D eigenvalue weighted by Crippen LogP contribution is 2.39. The van der Waals surface area contributed by atoms with Crippen LogP contribution in [0.3, 0.4) is 0 Å². The molecule has 1 aliphatic heterocycles. The fraction of sp³-hybridized carbons (Fsp3) is 0.269. The minimum absolute atomic E-state index is 0.0623. The SMILES string of the molecule is CC(=O)Nc1cc(-c2nc(C(F)(F)F)cs2)c(-c2ccc3c(c2)c(=O)c(C(C)=O)cn3C2CCNC2)cn1. The summed E-state index contributed by atoms with van der Waals surface area (Å²) in [6, 6.07) is 6.66. The van der Waals surface area contributed by atoms with Gasteiger partial charge in [0.25, 0.3) is 0 Å². The van der Waals surface area contributed by atoms with Crippen molar-refractivity contribution in [3.8, 4) is 21.7 Å². The summed E-state index contributed by atoms with van der Waals surface area (Å²) in [4.78, 5) is 45.2. The molecule has 0 aliphatic carbocycles. The first-order valence-electron chi connectivity index (χ1n) is 11.7. The van der Waals surface area contributed by atoms with Crippen molar-refractivity contribution in [3.63, 3.8) is 0 Å². The van der Waals surface area contributed by atoms with Gasteiger partial charge in [0, 0.05) is 53.8 Å². The van der Waals surface area contributed by atoms with Crippen LogP contribution in [0.4, 0.5) is 19.0 Å². The molecule has 0 saturated carbocycles. The van der Waals surface area contributed by atoms with Gasteiger partial charge < -0.3 is 15.2 Å². The summed E-state index contributed by atoms with van der Waals surface area (Å²) < 4.78 is 41.8. The van der Waals surface area contributed by atoms with Gasteiger partial charge in [0.1, 0.15) is 10.8 Å². The van der Waals surface area contributed by atoms with Gasteiger partial charge in [-0.15, -0.1) is 11.3 Å². The summed E-state index contributed by atoms with van der Waals surface area (Å²) in [6.07, 6.45) is -0.756. The van der Waals surface area contributed by atoms with Gasteiger partial charge in [-0.25, -0.2) is 9.97 Å². The number of rotatable bonds is 5. The molecule has 1 saturated heterocycles. The molecule has 1 aromatic carbocycles. The standard InChI is InChI=1S/C26H22F3N5O3S/c1-13(35)20-11-34(16-5-6-30-9-16)21-4-3-15(7-18(21)24(20)37)19-10-31-23(32-14(2)36)8-17(19)25-33-22(12-38-25)26(27,28)29/h3-4,7-8,10-12,16,30H,5-6,9H2,1-2H3,(H,31,32,36). The van der Waals surface area contributed by atoms with Gasteiger partial charge in [-0.1, -0.05) is 6.07 Å². The van der Waals surface area contributed by atoms with E-state index in [0.29, 0.717) is 34.1 Å². The van der Waals surface area contributed by atoms with Crippen molar-refractivity contribution in [3.05, 3.63) is 63.5 Å². The van der Waals surface area contributed by atoms with Crippen LogP contribution in [0.25, 0.3) is 32.6 Å². The summed E-state index contributed by atoms with van der Waals surface area (Å²) in [5.41, 5.74) is 0.504. The number of aromatic nitrogens is 3. The normalized spacial score (nSPS) is 15.7. The van der Waals surface area contributed by atoms with E-state index in [9.17, 15) is 27.6 Å². The smallest absolute Gasteiger partial charge is 0.342 e. The Morgan fingerprint density at radius 1 is 1.18 bits per heavy atom. The van der Waals surface area contributed by atoms with Crippen molar-refractivity contribution in [2.45, 2.75) is 32.5 Å². The first-order chi connectivity index (χ1) is 18.0. The van der Waals surface area contributed by atoms with E-state index in [-0.39, 0.29) is 28.2 Å². The number of hydrogen-bond acceptors (Lipinski definition) is 7. The van der Waals surface area contributed by atoms with Crippen LogP contribution in [-0.2, 0) is 11.0 Å². The number of anilines is 1. The Hall–Kier alpha value is -3.90. The van der Waals surface area contributed by atoms with Crippen LogP contribution in [0.1, 0.15) is 42.4 Å². The van der Waals surface area contributed by atoms with Crippen LogP contribution in [0.5, 0.6) is 0 Å². The quantitative estimate of drug-likeness (QED) is 0.348. The van der Waals surface area contributed by atoms with Crippen molar-refractivity contribution in [1.29, 1.82) is 0 Å². The fourth-order valence-electron chi connectivity index (χ4n) is 4.59. The minimum Gasteiger partial charge on any atom is -0.342 e. The molecule has 5 rings (SSSR count). The van der Waals surface area contributed by atoms with Gasteiger partial charge in [-0.05, 0) is 43.7 Å². The zero-order valence-electron chi connectivity index (χ0n) is 20.3. The third-order valence-electron chi connectivity index (χ3n) is 6.38. The number of pyridine rings is 2. The van der Waals surface area contributed by atoms with Crippen molar-refractivity contribution in [2.75, 3.05) is 18.4 Å². The molecule has 0 radical (unpaired) electrons. The Balaban J connectivity index is 1.72. The number of alkyl halides is 3. The third-order valence-corrected chi connectivity index (χ3v) is 7.26. The van der Waals surface area contributed by atoms with Gasteiger partial charge in [-0.3, -0.25) is 14.4 Å². The first kappa shape index (κ1) is 25.7. The number of thiazole rings is 1. The summed E-state index contributed by atoms with van der Waals surface area (Å²) in [5, 5.41) is 7.13. The Bertz CT molecular complexity index is 1640. The number of hydrogen-bond donors (Lipinski definition) is 2. The van der Waals surface area contributed by atoms with Crippen LogP contribution in [-0.4, -0.2) is 39.3 Å². The number of amides is 1. The van der Waals surface area contributed by atoms with Gasteiger partial charge in [0.05, 0.1) is 11.1 Å². The van der Waals surface area contributed by atoms with Crippen LogP contribution in [0.2, 0.25) is 0 Å². The van der Waals surface area contributed by atoms with Gasteiger partial charge in [-0.2, -0.15) is 13.2 Å². The lowest BCUT2D eigenvalue weighted by Gasteiger charge is -2.19. The van der Waals surface area contributed by atoms with E-state index < -0.39 is 23.2 Å². The second kappa shape index (κ2) is 9.76.